The highest BCUT2D eigenvalue weighted by Crippen LogP contribution is 2.27. The average molecular weight is 333 g/mol. The molecule has 1 aliphatic rings. The molecule has 1 aromatic carbocycles. The lowest BCUT2D eigenvalue weighted by Gasteiger charge is -2.31. The van der Waals surface area contributed by atoms with Crippen molar-refractivity contribution < 1.29 is 8.42 Å². The van der Waals surface area contributed by atoms with Crippen LogP contribution in [-0.2, 0) is 10.0 Å². The maximum atomic E-state index is 12.5. The maximum Gasteiger partial charge on any atom is 0.244 e. The molecule has 0 bridgehead atoms. The van der Waals surface area contributed by atoms with Crippen LogP contribution in [0.5, 0.6) is 0 Å². The predicted molar refractivity (Wildman–Crippen MR) is 74.7 cm³/mol. The molecule has 2 N–H and O–H groups in total. The van der Waals surface area contributed by atoms with Crippen LogP contribution < -0.4 is 5.73 Å². The fourth-order valence-corrected chi connectivity index (χ4v) is 4.75. The molecule has 6 heteroatoms. The summed E-state index contributed by atoms with van der Waals surface area (Å²) < 4.78 is 27.2. The Morgan fingerprint density at radius 1 is 1.39 bits per heavy atom. The van der Waals surface area contributed by atoms with E-state index >= 15 is 0 Å². The van der Waals surface area contributed by atoms with Gasteiger partial charge in [-0.2, -0.15) is 4.31 Å². The third-order valence-electron chi connectivity index (χ3n) is 3.27. The van der Waals surface area contributed by atoms with Crippen LogP contribution in [0.2, 0.25) is 0 Å². The van der Waals surface area contributed by atoms with Gasteiger partial charge in [0.2, 0.25) is 10.0 Å². The Bertz CT molecular complexity index is 519. The first-order valence-corrected chi connectivity index (χ1v) is 8.23. The summed E-state index contributed by atoms with van der Waals surface area (Å²) in [5.41, 5.74) is 5.65. The monoisotopic (exact) mass is 332 g/mol. The summed E-state index contributed by atoms with van der Waals surface area (Å²) in [6.45, 7) is 1.66. The predicted octanol–water partition coefficient (Wildman–Crippen LogP) is 1.81. The van der Waals surface area contributed by atoms with Gasteiger partial charge in [-0.1, -0.05) is 12.1 Å². The first kappa shape index (κ1) is 14.0. The van der Waals surface area contributed by atoms with Crippen LogP contribution >= 0.6 is 15.9 Å². The summed E-state index contributed by atoms with van der Waals surface area (Å²) in [6.07, 6.45) is 1.89. The summed E-state index contributed by atoms with van der Waals surface area (Å²) in [5, 5.41) is 0. The van der Waals surface area contributed by atoms with E-state index in [1.54, 1.807) is 22.5 Å². The molecule has 0 aromatic heterocycles. The lowest BCUT2D eigenvalue weighted by molar-refractivity contribution is 0.271. The van der Waals surface area contributed by atoms with Crippen molar-refractivity contribution in [3.8, 4) is 0 Å². The minimum atomic E-state index is -3.40. The normalized spacial score (nSPS) is 22.0. The molecular formula is C12H17BrN2O2S. The Hall–Kier alpha value is -0.430. The quantitative estimate of drug-likeness (QED) is 0.918. The van der Waals surface area contributed by atoms with Crippen molar-refractivity contribution in [2.24, 2.45) is 11.7 Å². The molecule has 0 spiro atoms. The zero-order valence-electron chi connectivity index (χ0n) is 10.0. The van der Waals surface area contributed by atoms with Gasteiger partial charge in [0.1, 0.15) is 0 Å². The fraction of sp³-hybridized carbons (Fsp3) is 0.500. The fourth-order valence-electron chi connectivity index (χ4n) is 2.23. The van der Waals surface area contributed by atoms with Crippen LogP contribution in [0, 0.1) is 5.92 Å². The molecule has 18 heavy (non-hydrogen) atoms. The van der Waals surface area contributed by atoms with E-state index in [0.29, 0.717) is 29.0 Å². The van der Waals surface area contributed by atoms with Crippen molar-refractivity contribution in [2.75, 3.05) is 19.6 Å². The summed E-state index contributed by atoms with van der Waals surface area (Å²) in [7, 11) is -3.40. The molecule has 1 unspecified atom stereocenters. The third kappa shape index (κ3) is 2.77. The average Bonchev–Trinajstić information content (AvgIpc) is 2.39. The van der Waals surface area contributed by atoms with E-state index < -0.39 is 10.0 Å². The molecule has 4 nitrogen and oxygen atoms in total. The number of piperidine rings is 1. The molecule has 1 aromatic rings. The zero-order chi connectivity index (χ0) is 13.2. The summed E-state index contributed by atoms with van der Waals surface area (Å²) in [5.74, 6) is 0.274. The number of hydrogen-bond acceptors (Lipinski definition) is 3. The van der Waals surface area contributed by atoms with Gasteiger partial charge in [0, 0.05) is 17.6 Å². The van der Waals surface area contributed by atoms with E-state index in [4.69, 9.17) is 5.73 Å². The SMILES string of the molecule is NCC1CCCN(S(=O)(=O)c2ccccc2Br)C1. The Morgan fingerprint density at radius 2 is 2.11 bits per heavy atom. The van der Waals surface area contributed by atoms with Crippen LogP contribution in [0.1, 0.15) is 12.8 Å². The van der Waals surface area contributed by atoms with Crippen LogP contribution in [0.25, 0.3) is 0 Å². The second kappa shape index (κ2) is 5.69. The molecule has 1 heterocycles. The van der Waals surface area contributed by atoms with Crippen molar-refractivity contribution in [3.05, 3.63) is 28.7 Å². The highest BCUT2D eigenvalue weighted by molar-refractivity contribution is 9.10. The van der Waals surface area contributed by atoms with Gasteiger partial charge in [-0.05, 0) is 53.4 Å². The molecule has 1 fully saturated rings. The van der Waals surface area contributed by atoms with Gasteiger partial charge in [0.05, 0.1) is 4.90 Å². The van der Waals surface area contributed by atoms with Gasteiger partial charge < -0.3 is 5.73 Å². The second-order valence-electron chi connectivity index (χ2n) is 4.54. The lowest BCUT2D eigenvalue weighted by atomic mass is 10.0. The first-order valence-electron chi connectivity index (χ1n) is 6.00. The number of sulfonamides is 1. The highest BCUT2D eigenvalue weighted by atomic mass is 79.9. The summed E-state index contributed by atoms with van der Waals surface area (Å²) >= 11 is 3.30. The molecule has 1 aliphatic heterocycles. The van der Waals surface area contributed by atoms with Crippen molar-refractivity contribution in [1.82, 2.24) is 4.31 Å². The van der Waals surface area contributed by atoms with Gasteiger partial charge in [0.15, 0.2) is 0 Å². The minimum absolute atomic E-state index is 0.274. The van der Waals surface area contributed by atoms with Crippen molar-refractivity contribution in [3.63, 3.8) is 0 Å². The zero-order valence-corrected chi connectivity index (χ0v) is 12.5. The van der Waals surface area contributed by atoms with Crippen LogP contribution in [0.4, 0.5) is 0 Å². The van der Waals surface area contributed by atoms with E-state index in [-0.39, 0.29) is 5.92 Å². The Morgan fingerprint density at radius 3 is 2.78 bits per heavy atom. The molecule has 100 valence electrons. The Balaban J connectivity index is 2.29. The molecule has 1 saturated heterocycles. The van der Waals surface area contributed by atoms with Gasteiger partial charge >= 0.3 is 0 Å². The van der Waals surface area contributed by atoms with E-state index in [1.807, 2.05) is 6.07 Å². The highest BCUT2D eigenvalue weighted by Gasteiger charge is 2.30. The van der Waals surface area contributed by atoms with Gasteiger partial charge in [-0.25, -0.2) is 8.42 Å². The summed E-state index contributed by atoms with van der Waals surface area (Å²) in [6, 6.07) is 6.92. The van der Waals surface area contributed by atoms with E-state index in [1.165, 1.54) is 0 Å². The number of nitrogens with zero attached hydrogens (tertiary/aromatic N) is 1. The molecule has 2 rings (SSSR count). The van der Waals surface area contributed by atoms with Crippen LogP contribution in [0.15, 0.2) is 33.6 Å². The maximum absolute atomic E-state index is 12.5. The first-order chi connectivity index (χ1) is 8.55. The number of halogens is 1. The summed E-state index contributed by atoms with van der Waals surface area (Å²) in [4.78, 5) is 0.336. The second-order valence-corrected chi connectivity index (χ2v) is 7.30. The Labute approximate surface area is 116 Å². The van der Waals surface area contributed by atoms with Gasteiger partial charge in [-0.3, -0.25) is 0 Å². The van der Waals surface area contributed by atoms with Gasteiger partial charge in [-0.15, -0.1) is 0 Å². The van der Waals surface area contributed by atoms with Crippen molar-refractivity contribution in [2.45, 2.75) is 17.7 Å². The number of rotatable bonds is 3. The van der Waals surface area contributed by atoms with Crippen LogP contribution in [-0.4, -0.2) is 32.4 Å². The molecule has 0 aliphatic carbocycles. The molecule has 0 amide bonds. The molecule has 1 atom stereocenters. The number of hydrogen-bond donors (Lipinski definition) is 1. The molecule has 0 radical (unpaired) electrons. The third-order valence-corrected chi connectivity index (χ3v) is 6.15. The van der Waals surface area contributed by atoms with E-state index in [0.717, 1.165) is 12.8 Å². The molecule has 0 saturated carbocycles. The van der Waals surface area contributed by atoms with E-state index in [9.17, 15) is 8.42 Å². The number of nitrogens with two attached hydrogens (primary N) is 1. The standard InChI is InChI=1S/C12H17BrN2O2S/c13-11-5-1-2-6-12(11)18(16,17)15-7-3-4-10(8-14)9-15/h1-2,5-6,10H,3-4,7-9,14H2. The molecular weight excluding hydrogens is 316 g/mol. The lowest BCUT2D eigenvalue weighted by Crippen LogP contribution is -2.42. The number of benzene rings is 1. The Kier molecular flexibility index (Phi) is 4.42. The van der Waals surface area contributed by atoms with Gasteiger partial charge in [0.25, 0.3) is 0 Å². The van der Waals surface area contributed by atoms with Crippen LogP contribution in [0.3, 0.4) is 0 Å². The van der Waals surface area contributed by atoms with E-state index in [2.05, 4.69) is 15.9 Å². The van der Waals surface area contributed by atoms with Crippen molar-refractivity contribution in [1.29, 1.82) is 0 Å². The topological polar surface area (TPSA) is 63.4 Å². The minimum Gasteiger partial charge on any atom is -0.330 e. The smallest absolute Gasteiger partial charge is 0.244 e. The van der Waals surface area contributed by atoms with Crippen molar-refractivity contribution >= 4 is 26.0 Å². The largest absolute Gasteiger partial charge is 0.330 e.